The Kier molecular flexibility index (Phi) is 10.1. The van der Waals surface area contributed by atoms with Crippen molar-refractivity contribution in [3.8, 4) is 0 Å². The van der Waals surface area contributed by atoms with Crippen LogP contribution in [-0.4, -0.2) is 44.6 Å². The first kappa shape index (κ1) is 29.4. The quantitative estimate of drug-likeness (QED) is 0.180. The van der Waals surface area contributed by atoms with Crippen molar-refractivity contribution in [2.75, 3.05) is 11.6 Å². The van der Waals surface area contributed by atoms with Gasteiger partial charge < -0.3 is 14.5 Å². The molecule has 0 aliphatic carbocycles. The highest BCUT2D eigenvalue weighted by Crippen LogP contribution is 2.35. The predicted molar refractivity (Wildman–Crippen MR) is 138 cm³/mol. The second kappa shape index (κ2) is 13.1. The van der Waals surface area contributed by atoms with Gasteiger partial charge in [-0.15, -0.1) is 5.01 Å². The lowest BCUT2D eigenvalue weighted by molar-refractivity contribution is -0.132. The van der Waals surface area contributed by atoms with Gasteiger partial charge in [-0.05, 0) is 42.8 Å². The minimum atomic E-state index is -4.60. The Bertz CT molecular complexity index is 1340. The summed E-state index contributed by atoms with van der Waals surface area (Å²) in [4.78, 5) is 47.9. The van der Waals surface area contributed by atoms with Crippen LogP contribution in [0.25, 0.3) is 10.8 Å². The Labute approximate surface area is 223 Å². The topological polar surface area (TPSA) is 142 Å². The van der Waals surface area contributed by atoms with Gasteiger partial charge in [-0.2, -0.15) is 5.12 Å². The summed E-state index contributed by atoms with van der Waals surface area (Å²) in [5.74, 6) is -1.17. The number of ether oxygens (including phenoxy) is 1. The first-order valence-electron chi connectivity index (χ1n) is 11.5. The van der Waals surface area contributed by atoms with E-state index >= 15 is 0 Å². The molecule has 14 heteroatoms. The zero-order chi connectivity index (χ0) is 27.9. The van der Waals surface area contributed by atoms with Gasteiger partial charge in [0.25, 0.3) is 5.91 Å². The van der Waals surface area contributed by atoms with Crippen LogP contribution in [0.2, 0.25) is 5.02 Å². The average molecular weight is 569 g/mol. The largest absolute Gasteiger partial charge is 0.469 e. The fourth-order valence-electron chi connectivity index (χ4n) is 3.47. The lowest BCUT2D eigenvalue weighted by Gasteiger charge is -2.33. The Balaban J connectivity index is 1.85. The highest BCUT2D eigenvalue weighted by atomic mass is 35.5. The van der Waals surface area contributed by atoms with E-state index in [0.29, 0.717) is 5.56 Å². The number of phosphoric acid groups is 1. The molecule has 204 valence electrons. The molecule has 3 rings (SSSR count). The molecule has 0 unspecified atom stereocenters. The number of rotatable bonds is 10. The van der Waals surface area contributed by atoms with Crippen LogP contribution in [0.5, 0.6) is 0 Å². The van der Waals surface area contributed by atoms with Crippen LogP contribution in [0.4, 0.5) is 15.0 Å². The molecule has 1 atom stereocenters. The maximum atomic E-state index is 13.9. The van der Waals surface area contributed by atoms with E-state index in [4.69, 9.17) is 26.1 Å². The maximum absolute atomic E-state index is 13.9. The number of nitrogens with zero attached hydrogens (tertiary/aromatic N) is 3. The first-order valence-corrected chi connectivity index (χ1v) is 13.4. The molecule has 0 saturated heterocycles. The molecule has 3 N–H and O–H groups in total. The maximum Gasteiger partial charge on any atom is 0.469 e. The van der Waals surface area contributed by atoms with Gasteiger partial charge in [-0.3, -0.25) is 9.32 Å². The number of anilines is 1. The summed E-state index contributed by atoms with van der Waals surface area (Å²) in [7, 11) is -4.60. The molecule has 1 heterocycles. The number of benzene rings is 2. The number of hydrazine groups is 2. The lowest BCUT2D eigenvalue weighted by atomic mass is 10.2. The van der Waals surface area contributed by atoms with Crippen LogP contribution >= 0.6 is 19.4 Å². The summed E-state index contributed by atoms with van der Waals surface area (Å²) >= 11 is 6.04. The van der Waals surface area contributed by atoms with E-state index in [1.54, 1.807) is 19.1 Å². The van der Waals surface area contributed by atoms with Crippen LogP contribution in [0.15, 0.2) is 54.7 Å². The summed E-state index contributed by atoms with van der Waals surface area (Å²) in [6, 6.07) is 13.1. The van der Waals surface area contributed by atoms with Gasteiger partial charge in [0, 0.05) is 25.1 Å². The van der Waals surface area contributed by atoms with Gasteiger partial charge in [0.1, 0.15) is 11.9 Å². The van der Waals surface area contributed by atoms with Crippen molar-refractivity contribution < 1.29 is 37.6 Å². The van der Waals surface area contributed by atoms with E-state index in [1.807, 2.05) is 24.3 Å². The SMILES string of the molecule is CC(=O)N(NCc1cccc(F)c1Cl)N(C(=O)O[C@@H](C)CCCOP(=O)(O)O)c1cc2ccccc2cn1. The van der Waals surface area contributed by atoms with Crippen molar-refractivity contribution >= 4 is 48.0 Å². The number of hydrogen-bond donors (Lipinski definition) is 3. The number of amides is 2. The van der Waals surface area contributed by atoms with Crippen LogP contribution in [0.3, 0.4) is 0 Å². The molecule has 0 fully saturated rings. The third-order valence-corrected chi connectivity index (χ3v) is 6.21. The summed E-state index contributed by atoms with van der Waals surface area (Å²) in [5, 5.41) is 3.22. The van der Waals surface area contributed by atoms with Crippen LogP contribution in [-0.2, 0) is 25.2 Å². The number of carbonyl (C=O) groups is 2. The predicted octanol–water partition coefficient (Wildman–Crippen LogP) is 4.72. The van der Waals surface area contributed by atoms with Crippen molar-refractivity contribution in [3.05, 3.63) is 71.1 Å². The second-order valence-electron chi connectivity index (χ2n) is 8.24. The highest BCUT2D eigenvalue weighted by Gasteiger charge is 2.30. The first-order chi connectivity index (χ1) is 18.0. The summed E-state index contributed by atoms with van der Waals surface area (Å²) < 4.78 is 34.7. The van der Waals surface area contributed by atoms with Gasteiger partial charge in [0.2, 0.25) is 0 Å². The van der Waals surface area contributed by atoms with Crippen LogP contribution in [0.1, 0.15) is 32.3 Å². The number of fused-ring (bicyclic) bond motifs is 1. The van der Waals surface area contributed by atoms with Crippen molar-refractivity contribution in [1.29, 1.82) is 0 Å². The Morgan fingerprint density at radius 3 is 2.58 bits per heavy atom. The van der Waals surface area contributed by atoms with E-state index in [2.05, 4.69) is 14.9 Å². The lowest BCUT2D eigenvalue weighted by Crippen LogP contribution is -2.56. The van der Waals surface area contributed by atoms with Gasteiger partial charge in [-0.25, -0.2) is 24.2 Å². The summed E-state index contributed by atoms with van der Waals surface area (Å²) in [6.45, 7) is 2.45. The number of phosphoric ester groups is 1. The average Bonchev–Trinajstić information content (AvgIpc) is 2.85. The van der Waals surface area contributed by atoms with Gasteiger partial charge in [0.05, 0.1) is 11.6 Å². The molecule has 38 heavy (non-hydrogen) atoms. The standard InChI is InChI=1S/C24H27ClFN4O7P/c1-16(7-6-12-36-38(33,34)35)37-24(32)29(22-13-18-8-3-4-9-19(18)14-27-22)30(17(2)31)28-15-20-10-5-11-21(26)23(20)25/h3-5,8-11,13-14,16,28H,6-7,12,15H2,1-2H3,(H2,33,34,35)/t16-/m0/s1. The van der Waals surface area contributed by atoms with Crippen molar-refractivity contribution in [2.24, 2.45) is 0 Å². The molecule has 3 aromatic rings. The third-order valence-electron chi connectivity index (χ3n) is 5.27. The van der Waals surface area contributed by atoms with Gasteiger partial charge >= 0.3 is 13.9 Å². The molecule has 11 nitrogen and oxygen atoms in total. The second-order valence-corrected chi connectivity index (χ2v) is 9.86. The molecule has 0 saturated carbocycles. The summed E-state index contributed by atoms with van der Waals surface area (Å²) in [5.41, 5.74) is 3.13. The molecule has 0 spiro atoms. The molecule has 0 bridgehead atoms. The van der Waals surface area contributed by atoms with E-state index < -0.39 is 31.7 Å². The molecule has 0 aliphatic heterocycles. The number of carbonyl (C=O) groups excluding carboxylic acids is 2. The van der Waals surface area contributed by atoms with Crippen LogP contribution in [0, 0.1) is 5.82 Å². The van der Waals surface area contributed by atoms with Gasteiger partial charge in [0.15, 0.2) is 5.82 Å². The fourth-order valence-corrected chi connectivity index (χ4v) is 4.03. The molecule has 2 aromatic carbocycles. The smallest absolute Gasteiger partial charge is 0.445 e. The third kappa shape index (κ3) is 8.19. The Morgan fingerprint density at radius 1 is 1.18 bits per heavy atom. The minimum absolute atomic E-state index is 0.0683. The molecular weight excluding hydrogens is 542 g/mol. The number of nitrogens with one attached hydrogen (secondary N) is 1. The van der Waals surface area contributed by atoms with Crippen molar-refractivity contribution in [1.82, 2.24) is 15.5 Å². The zero-order valence-corrected chi connectivity index (χ0v) is 22.2. The number of pyridine rings is 1. The number of aromatic nitrogens is 1. The fraction of sp³-hybridized carbons (Fsp3) is 0.292. The minimum Gasteiger partial charge on any atom is -0.445 e. The van der Waals surface area contributed by atoms with Crippen molar-refractivity contribution in [3.63, 3.8) is 0 Å². The molecular formula is C24H27ClFN4O7P. The zero-order valence-electron chi connectivity index (χ0n) is 20.6. The van der Waals surface area contributed by atoms with E-state index in [9.17, 15) is 18.5 Å². The van der Waals surface area contributed by atoms with Crippen LogP contribution < -0.4 is 10.4 Å². The van der Waals surface area contributed by atoms with E-state index in [-0.39, 0.29) is 36.8 Å². The molecule has 1 aromatic heterocycles. The normalized spacial score (nSPS) is 12.3. The summed E-state index contributed by atoms with van der Waals surface area (Å²) in [6.07, 6.45) is 0.286. The number of hydrogen-bond acceptors (Lipinski definition) is 7. The Morgan fingerprint density at radius 2 is 1.89 bits per heavy atom. The molecule has 0 radical (unpaired) electrons. The highest BCUT2D eigenvalue weighted by molar-refractivity contribution is 7.46. The Hall–Kier alpha value is -3.12. The van der Waals surface area contributed by atoms with E-state index in [0.717, 1.165) is 20.9 Å². The monoisotopic (exact) mass is 568 g/mol. The van der Waals surface area contributed by atoms with Gasteiger partial charge in [-0.1, -0.05) is 48.0 Å². The number of halogens is 2. The molecule has 2 amide bonds. The van der Waals surface area contributed by atoms with E-state index in [1.165, 1.54) is 25.3 Å². The molecule has 0 aliphatic rings. The van der Waals surface area contributed by atoms with Crippen molar-refractivity contribution in [2.45, 2.75) is 39.3 Å².